The van der Waals surface area contributed by atoms with Crippen molar-refractivity contribution in [2.24, 2.45) is 0 Å². The van der Waals surface area contributed by atoms with E-state index < -0.39 is 0 Å². The first-order chi connectivity index (χ1) is 13.8. The zero-order valence-electron chi connectivity index (χ0n) is 15.8. The van der Waals surface area contributed by atoms with Crippen LogP contribution in [0.2, 0.25) is 0 Å². The minimum atomic E-state index is 0.712. The molecule has 0 radical (unpaired) electrons. The molecule has 0 aliphatic heterocycles. The Kier molecular flexibility index (Phi) is 5.02. The monoisotopic (exact) mass is 368 g/mol. The second kappa shape index (κ2) is 7.92. The standard InChI is InChI=1S/C24H20N2O2/c1-27-22-12-8-13-23(28-2)24(22)21-16-18(17-9-4-3-5-10-17)15-20(26-21)19-11-6-7-14-25-19/h3-16H,1-2H3. The van der Waals surface area contributed by atoms with E-state index in [-0.39, 0.29) is 0 Å². The maximum atomic E-state index is 5.60. The number of aromatic nitrogens is 2. The molecular formula is C24H20N2O2. The third-order valence-electron chi connectivity index (χ3n) is 4.54. The second-order valence-corrected chi connectivity index (χ2v) is 6.24. The van der Waals surface area contributed by atoms with E-state index in [1.54, 1.807) is 20.4 Å². The lowest BCUT2D eigenvalue weighted by Gasteiger charge is -2.15. The van der Waals surface area contributed by atoms with Crippen molar-refractivity contribution in [3.05, 3.63) is 85.1 Å². The zero-order valence-corrected chi connectivity index (χ0v) is 15.8. The highest BCUT2D eigenvalue weighted by molar-refractivity contribution is 5.81. The van der Waals surface area contributed by atoms with Crippen LogP contribution in [0, 0.1) is 0 Å². The quantitative estimate of drug-likeness (QED) is 0.467. The number of hydrogen-bond acceptors (Lipinski definition) is 4. The first-order valence-electron chi connectivity index (χ1n) is 9.00. The molecule has 2 heterocycles. The molecule has 4 rings (SSSR count). The fourth-order valence-corrected chi connectivity index (χ4v) is 3.21. The molecule has 0 atom stereocenters. The van der Waals surface area contributed by atoms with Gasteiger partial charge >= 0.3 is 0 Å². The van der Waals surface area contributed by atoms with Crippen molar-refractivity contribution in [3.8, 4) is 45.3 Å². The third kappa shape index (κ3) is 3.45. The lowest BCUT2D eigenvalue weighted by atomic mass is 10.0. The summed E-state index contributed by atoms with van der Waals surface area (Å²) in [5, 5.41) is 0. The van der Waals surface area contributed by atoms with Crippen molar-refractivity contribution in [1.82, 2.24) is 9.97 Å². The highest BCUT2D eigenvalue weighted by Gasteiger charge is 2.16. The maximum Gasteiger partial charge on any atom is 0.132 e. The van der Waals surface area contributed by atoms with Crippen LogP contribution in [0.4, 0.5) is 0 Å². The molecule has 138 valence electrons. The Labute approximate surface area is 164 Å². The van der Waals surface area contributed by atoms with Gasteiger partial charge in [0.25, 0.3) is 0 Å². The van der Waals surface area contributed by atoms with Gasteiger partial charge < -0.3 is 9.47 Å². The number of nitrogens with zero attached hydrogens (tertiary/aromatic N) is 2. The van der Waals surface area contributed by atoms with Crippen LogP contribution in [0.3, 0.4) is 0 Å². The van der Waals surface area contributed by atoms with Gasteiger partial charge in [-0.1, -0.05) is 42.5 Å². The van der Waals surface area contributed by atoms with Gasteiger partial charge in [0.1, 0.15) is 11.5 Å². The molecular weight excluding hydrogens is 348 g/mol. The van der Waals surface area contributed by atoms with Gasteiger partial charge in [0.05, 0.1) is 36.9 Å². The Morgan fingerprint density at radius 2 is 1.29 bits per heavy atom. The molecule has 4 aromatic rings. The maximum absolute atomic E-state index is 5.60. The Balaban J connectivity index is 1.98. The number of hydrogen-bond donors (Lipinski definition) is 0. The first kappa shape index (κ1) is 17.7. The molecule has 0 N–H and O–H groups in total. The lowest BCUT2D eigenvalue weighted by molar-refractivity contribution is 0.397. The average molecular weight is 368 g/mol. The Morgan fingerprint density at radius 1 is 0.607 bits per heavy atom. The van der Waals surface area contributed by atoms with Crippen molar-refractivity contribution in [1.29, 1.82) is 0 Å². The van der Waals surface area contributed by atoms with Crippen LogP contribution < -0.4 is 9.47 Å². The van der Waals surface area contributed by atoms with Gasteiger partial charge in [-0.25, -0.2) is 4.98 Å². The van der Waals surface area contributed by atoms with E-state index >= 15 is 0 Å². The summed E-state index contributed by atoms with van der Waals surface area (Å²) in [6, 6.07) is 25.9. The number of benzene rings is 2. The zero-order chi connectivity index (χ0) is 19.3. The van der Waals surface area contributed by atoms with E-state index in [1.807, 2.05) is 54.6 Å². The van der Waals surface area contributed by atoms with Gasteiger partial charge in [-0.3, -0.25) is 4.98 Å². The van der Waals surface area contributed by atoms with E-state index in [2.05, 4.69) is 29.2 Å². The lowest BCUT2D eigenvalue weighted by Crippen LogP contribution is -1.97. The molecule has 4 nitrogen and oxygen atoms in total. The van der Waals surface area contributed by atoms with Crippen molar-refractivity contribution in [2.75, 3.05) is 14.2 Å². The summed E-state index contributed by atoms with van der Waals surface area (Å²) in [7, 11) is 3.30. The fraction of sp³-hybridized carbons (Fsp3) is 0.0833. The summed E-state index contributed by atoms with van der Waals surface area (Å²) in [6.45, 7) is 0. The van der Waals surface area contributed by atoms with Crippen LogP contribution in [0.15, 0.2) is 85.1 Å². The molecule has 0 saturated heterocycles. The predicted octanol–water partition coefficient (Wildman–Crippen LogP) is 5.49. The van der Waals surface area contributed by atoms with Crippen molar-refractivity contribution in [2.45, 2.75) is 0 Å². The number of rotatable bonds is 5. The van der Waals surface area contributed by atoms with E-state index in [1.165, 1.54) is 0 Å². The van der Waals surface area contributed by atoms with Crippen LogP contribution in [0.25, 0.3) is 33.8 Å². The normalized spacial score (nSPS) is 10.5. The van der Waals surface area contributed by atoms with Crippen LogP contribution in [0.1, 0.15) is 0 Å². The van der Waals surface area contributed by atoms with Crippen molar-refractivity contribution >= 4 is 0 Å². The molecule has 0 saturated carbocycles. The van der Waals surface area contributed by atoms with Gasteiger partial charge in [-0.15, -0.1) is 0 Å². The van der Waals surface area contributed by atoms with Crippen molar-refractivity contribution in [3.63, 3.8) is 0 Å². The van der Waals surface area contributed by atoms with Crippen LogP contribution in [-0.2, 0) is 0 Å². The first-order valence-corrected chi connectivity index (χ1v) is 9.00. The molecule has 0 bridgehead atoms. The molecule has 4 heteroatoms. The van der Waals surface area contributed by atoms with Gasteiger partial charge in [0, 0.05) is 6.20 Å². The summed E-state index contributed by atoms with van der Waals surface area (Å²) in [4.78, 5) is 9.37. The molecule has 2 aromatic carbocycles. The molecule has 0 unspecified atom stereocenters. The fourth-order valence-electron chi connectivity index (χ4n) is 3.21. The molecule has 2 aromatic heterocycles. The van der Waals surface area contributed by atoms with Gasteiger partial charge in [-0.2, -0.15) is 0 Å². The number of pyridine rings is 2. The van der Waals surface area contributed by atoms with Crippen LogP contribution in [-0.4, -0.2) is 24.2 Å². The molecule has 28 heavy (non-hydrogen) atoms. The number of methoxy groups -OCH3 is 2. The molecule has 0 aliphatic carbocycles. The van der Waals surface area contributed by atoms with Gasteiger partial charge in [0.15, 0.2) is 0 Å². The highest BCUT2D eigenvalue weighted by Crippen LogP contribution is 2.39. The smallest absolute Gasteiger partial charge is 0.132 e. The minimum Gasteiger partial charge on any atom is -0.496 e. The summed E-state index contributed by atoms with van der Waals surface area (Å²) < 4.78 is 11.2. The largest absolute Gasteiger partial charge is 0.496 e. The van der Waals surface area contributed by atoms with E-state index in [0.717, 1.165) is 33.8 Å². The Bertz CT molecular complexity index is 1000. The van der Waals surface area contributed by atoms with E-state index in [4.69, 9.17) is 14.5 Å². The summed E-state index contributed by atoms with van der Waals surface area (Å²) in [5.41, 5.74) is 5.37. The van der Waals surface area contributed by atoms with Crippen LogP contribution in [0.5, 0.6) is 11.5 Å². The molecule has 0 aliphatic rings. The topological polar surface area (TPSA) is 44.2 Å². The number of ether oxygens (including phenoxy) is 2. The van der Waals surface area contributed by atoms with Gasteiger partial charge in [-0.05, 0) is 47.5 Å². The third-order valence-corrected chi connectivity index (χ3v) is 4.54. The van der Waals surface area contributed by atoms with E-state index in [9.17, 15) is 0 Å². The molecule has 0 spiro atoms. The summed E-state index contributed by atoms with van der Waals surface area (Å²) in [5.74, 6) is 1.42. The highest BCUT2D eigenvalue weighted by atomic mass is 16.5. The molecule has 0 fully saturated rings. The minimum absolute atomic E-state index is 0.712. The van der Waals surface area contributed by atoms with Crippen LogP contribution >= 0.6 is 0 Å². The average Bonchev–Trinajstić information content (AvgIpc) is 2.79. The Morgan fingerprint density at radius 3 is 1.93 bits per heavy atom. The summed E-state index contributed by atoms with van der Waals surface area (Å²) >= 11 is 0. The Hall–Kier alpha value is -3.66. The second-order valence-electron chi connectivity index (χ2n) is 6.24. The van der Waals surface area contributed by atoms with Crippen molar-refractivity contribution < 1.29 is 9.47 Å². The summed E-state index contributed by atoms with van der Waals surface area (Å²) in [6.07, 6.45) is 1.77. The molecule has 0 amide bonds. The SMILES string of the molecule is COc1cccc(OC)c1-c1cc(-c2ccccc2)cc(-c2ccccn2)n1. The van der Waals surface area contributed by atoms with E-state index in [0.29, 0.717) is 11.5 Å². The van der Waals surface area contributed by atoms with Gasteiger partial charge in [0.2, 0.25) is 0 Å². The predicted molar refractivity (Wildman–Crippen MR) is 111 cm³/mol.